The lowest BCUT2D eigenvalue weighted by Gasteiger charge is -2.23. The van der Waals surface area contributed by atoms with E-state index in [1.54, 1.807) is 32.0 Å². The fourth-order valence-electron chi connectivity index (χ4n) is 2.79. The monoisotopic (exact) mass is 392 g/mol. The van der Waals surface area contributed by atoms with E-state index in [0.717, 1.165) is 4.90 Å². The average molecular weight is 392 g/mol. The summed E-state index contributed by atoms with van der Waals surface area (Å²) in [4.78, 5) is 49.6. The van der Waals surface area contributed by atoms with E-state index in [0.29, 0.717) is 17.1 Å². The van der Waals surface area contributed by atoms with Gasteiger partial charge in [0.25, 0.3) is 5.91 Å². The number of hydrogen-bond acceptors (Lipinski definition) is 6. The van der Waals surface area contributed by atoms with Crippen molar-refractivity contribution in [2.75, 3.05) is 20.8 Å². The number of hydrogen-bond donors (Lipinski definition) is 3. The number of benzene rings is 1. The molecular formula is C18H24N4O6. The molecule has 152 valence electrons. The Labute approximate surface area is 162 Å². The number of rotatable bonds is 6. The fraction of sp³-hybridized carbons (Fsp3) is 0.444. The zero-order valence-electron chi connectivity index (χ0n) is 16.4. The minimum Gasteiger partial charge on any atom is -0.493 e. The van der Waals surface area contributed by atoms with Gasteiger partial charge in [0.2, 0.25) is 5.91 Å². The van der Waals surface area contributed by atoms with E-state index in [4.69, 9.17) is 9.47 Å². The molecule has 1 unspecified atom stereocenters. The summed E-state index contributed by atoms with van der Waals surface area (Å²) in [6.45, 7) is 4.41. The van der Waals surface area contributed by atoms with Crippen molar-refractivity contribution in [3.63, 3.8) is 0 Å². The van der Waals surface area contributed by atoms with Crippen molar-refractivity contribution in [3.05, 3.63) is 23.8 Å². The van der Waals surface area contributed by atoms with Crippen molar-refractivity contribution in [2.45, 2.75) is 32.4 Å². The van der Waals surface area contributed by atoms with Crippen LogP contribution >= 0.6 is 0 Å². The maximum absolute atomic E-state index is 12.9. The summed E-state index contributed by atoms with van der Waals surface area (Å²) in [5.74, 6) is -0.536. The standard InChI is InChI=1S/C18H24N4O6/c1-10(2)19-16(25)20-14(23)9-22-15(24)18(3,21-17(22)26)11-6-7-12(27-4)13(8-11)28-5/h6-8,10H,9H2,1-5H3,(H,21,26)(H2,19,20,23,25). The van der Waals surface area contributed by atoms with Gasteiger partial charge in [-0.05, 0) is 38.5 Å². The molecule has 1 saturated heterocycles. The molecule has 1 heterocycles. The molecule has 10 heteroatoms. The number of nitrogens with zero attached hydrogens (tertiary/aromatic N) is 1. The van der Waals surface area contributed by atoms with E-state index >= 15 is 0 Å². The Hall–Kier alpha value is -3.30. The first-order valence-corrected chi connectivity index (χ1v) is 8.59. The molecule has 1 fully saturated rings. The predicted octanol–water partition coefficient (Wildman–Crippen LogP) is 0.705. The van der Waals surface area contributed by atoms with Crippen molar-refractivity contribution >= 4 is 23.9 Å². The third-order valence-corrected chi connectivity index (χ3v) is 4.21. The van der Waals surface area contributed by atoms with Gasteiger partial charge in [0, 0.05) is 6.04 Å². The third kappa shape index (κ3) is 4.16. The molecule has 0 spiro atoms. The molecule has 3 N–H and O–H groups in total. The van der Waals surface area contributed by atoms with Crippen LogP contribution in [0.3, 0.4) is 0 Å². The van der Waals surface area contributed by atoms with E-state index in [9.17, 15) is 19.2 Å². The van der Waals surface area contributed by atoms with Gasteiger partial charge >= 0.3 is 12.1 Å². The Kier molecular flexibility index (Phi) is 6.12. The molecule has 0 aromatic heterocycles. The van der Waals surface area contributed by atoms with E-state index in [2.05, 4.69) is 16.0 Å². The Morgan fingerprint density at radius 3 is 2.39 bits per heavy atom. The Morgan fingerprint density at radius 2 is 1.82 bits per heavy atom. The van der Waals surface area contributed by atoms with Gasteiger partial charge in [0.15, 0.2) is 11.5 Å². The number of methoxy groups -OCH3 is 2. The Bertz CT molecular complexity index is 809. The van der Waals surface area contributed by atoms with E-state index in [1.165, 1.54) is 21.1 Å². The zero-order valence-corrected chi connectivity index (χ0v) is 16.4. The summed E-state index contributed by atoms with van der Waals surface area (Å²) in [7, 11) is 2.94. The number of urea groups is 2. The average Bonchev–Trinajstić information content (AvgIpc) is 2.84. The molecule has 2 rings (SSSR count). The lowest BCUT2D eigenvalue weighted by molar-refractivity contribution is -0.134. The molecule has 10 nitrogen and oxygen atoms in total. The van der Waals surface area contributed by atoms with Gasteiger partial charge in [-0.3, -0.25) is 19.8 Å². The molecule has 0 bridgehead atoms. The van der Waals surface area contributed by atoms with Crippen LogP contribution in [0, 0.1) is 0 Å². The molecule has 0 saturated carbocycles. The minimum atomic E-state index is -1.39. The zero-order chi connectivity index (χ0) is 21.1. The van der Waals surface area contributed by atoms with Gasteiger partial charge < -0.3 is 20.1 Å². The maximum Gasteiger partial charge on any atom is 0.325 e. The first-order valence-electron chi connectivity index (χ1n) is 8.59. The van der Waals surface area contributed by atoms with Crippen LogP contribution in [0.15, 0.2) is 18.2 Å². The second-order valence-electron chi connectivity index (χ2n) is 6.69. The highest BCUT2D eigenvalue weighted by atomic mass is 16.5. The summed E-state index contributed by atoms with van der Waals surface area (Å²) in [5, 5.41) is 7.15. The topological polar surface area (TPSA) is 126 Å². The van der Waals surface area contributed by atoms with Crippen LogP contribution in [-0.4, -0.2) is 55.6 Å². The maximum atomic E-state index is 12.9. The van der Waals surface area contributed by atoms with E-state index < -0.39 is 36.0 Å². The summed E-state index contributed by atoms with van der Waals surface area (Å²) >= 11 is 0. The van der Waals surface area contributed by atoms with Crippen molar-refractivity contribution in [2.24, 2.45) is 0 Å². The first-order chi connectivity index (χ1) is 13.1. The second-order valence-corrected chi connectivity index (χ2v) is 6.69. The summed E-state index contributed by atoms with van der Waals surface area (Å²) in [6.07, 6.45) is 0. The molecule has 0 aliphatic carbocycles. The normalized spacial score (nSPS) is 18.7. The van der Waals surface area contributed by atoms with Crippen LogP contribution < -0.4 is 25.4 Å². The van der Waals surface area contributed by atoms with Crippen molar-refractivity contribution in [3.8, 4) is 11.5 Å². The van der Waals surface area contributed by atoms with Gasteiger partial charge in [-0.25, -0.2) is 9.59 Å². The van der Waals surface area contributed by atoms with Gasteiger partial charge in [-0.2, -0.15) is 0 Å². The lowest BCUT2D eigenvalue weighted by atomic mass is 9.91. The SMILES string of the molecule is COc1ccc(C2(C)NC(=O)N(CC(=O)NC(=O)NC(C)C)C2=O)cc1OC. The molecule has 1 atom stereocenters. The van der Waals surface area contributed by atoms with Crippen molar-refractivity contribution < 1.29 is 28.7 Å². The first kappa shape index (κ1) is 21.0. The van der Waals surface area contributed by atoms with Crippen molar-refractivity contribution in [1.82, 2.24) is 20.9 Å². The van der Waals surface area contributed by atoms with Gasteiger partial charge in [-0.1, -0.05) is 6.07 Å². The third-order valence-electron chi connectivity index (χ3n) is 4.21. The lowest BCUT2D eigenvalue weighted by Crippen LogP contribution is -2.48. The highest BCUT2D eigenvalue weighted by Gasteiger charge is 2.49. The molecule has 1 aliphatic heterocycles. The number of ether oxygens (including phenoxy) is 2. The highest BCUT2D eigenvalue weighted by molar-refractivity contribution is 6.10. The number of carbonyl (C=O) groups is 4. The quantitative estimate of drug-likeness (QED) is 0.612. The Balaban J connectivity index is 2.18. The molecule has 28 heavy (non-hydrogen) atoms. The van der Waals surface area contributed by atoms with Crippen LogP contribution in [0.5, 0.6) is 11.5 Å². The number of amides is 6. The van der Waals surface area contributed by atoms with Crippen LogP contribution in [0.2, 0.25) is 0 Å². The van der Waals surface area contributed by atoms with Crippen LogP contribution in [0.1, 0.15) is 26.3 Å². The molecule has 6 amide bonds. The summed E-state index contributed by atoms with van der Waals surface area (Å²) < 4.78 is 10.4. The van der Waals surface area contributed by atoms with Gasteiger partial charge in [0.05, 0.1) is 14.2 Å². The molecule has 1 aromatic carbocycles. The summed E-state index contributed by atoms with van der Waals surface area (Å²) in [5.41, 5.74) is -0.930. The molecule has 0 radical (unpaired) electrons. The fourth-order valence-corrected chi connectivity index (χ4v) is 2.79. The smallest absolute Gasteiger partial charge is 0.325 e. The van der Waals surface area contributed by atoms with E-state index in [1.807, 2.05) is 0 Å². The number of imide groups is 2. The molecule has 1 aromatic rings. The van der Waals surface area contributed by atoms with Gasteiger partial charge in [-0.15, -0.1) is 0 Å². The minimum absolute atomic E-state index is 0.169. The Morgan fingerprint density at radius 1 is 1.18 bits per heavy atom. The molecule has 1 aliphatic rings. The van der Waals surface area contributed by atoms with Crippen molar-refractivity contribution in [1.29, 1.82) is 0 Å². The summed E-state index contributed by atoms with van der Waals surface area (Å²) in [6, 6.07) is 3.22. The van der Waals surface area contributed by atoms with Crippen LogP contribution in [-0.2, 0) is 15.1 Å². The molecular weight excluding hydrogens is 368 g/mol. The predicted molar refractivity (Wildman–Crippen MR) is 99.0 cm³/mol. The number of nitrogens with one attached hydrogen (secondary N) is 3. The van der Waals surface area contributed by atoms with Crippen LogP contribution in [0.25, 0.3) is 0 Å². The van der Waals surface area contributed by atoms with E-state index in [-0.39, 0.29) is 6.04 Å². The number of carbonyl (C=O) groups excluding carboxylic acids is 4. The van der Waals surface area contributed by atoms with Crippen LogP contribution in [0.4, 0.5) is 9.59 Å². The highest BCUT2D eigenvalue weighted by Crippen LogP contribution is 2.35. The largest absolute Gasteiger partial charge is 0.493 e. The second kappa shape index (κ2) is 8.15. The van der Waals surface area contributed by atoms with Gasteiger partial charge in [0.1, 0.15) is 12.1 Å².